The number of hydrogen-bond donors (Lipinski definition) is 0. The van der Waals surface area contributed by atoms with Gasteiger partial charge in [0, 0.05) is 70.6 Å². The molecule has 256 valence electrons. The first-order valence-corrected chi connectivity index (χ1v) is 17.7. The maximum absolute atomic E-state index is 6.67. The molecule has 0 fully saturated rings. The predicted molar refractivity (Wildman–Crippen MR) is 213 cm³/mol. The number of aromatic nitrogens is 6. The van der Waals surface area contributed by atoms with E-state index in [1.165, 1.54) is 27.6 Å². The lowest BCUT2D eigenvalue weighted by Crippen LogP contribution is -2.01. The minimum atomic E-state index is 0.698. The normalized spacial score (nSPS) is 11.4. The van der Waals surface area contributed by atoms with Crippen molar-refractivity contribution in [1.82, 2.24) is 29.3 Å². The number of rotatable bonds is 7. The topological polar surface area (TPSA) is 70.7 Å². The highest BCUT2D eigenvalue weighted by molar-refractivity contribution is 6.09. The van der Waals surface area contributed by atoms with Crippen LogP contribution in [0, 0.1) is 27.7 Å². The number of benzene rings is 4. The third-order valence-electron chi connectivity index (χ3n) is 9.79. The molecule has 5 aromatic heterocycles. The molecule has 0 saturated heterocycles. The average molecular weight is 689 g/mol. The SMILES string of the molecule is Cc1ccnc(-n2c3ccccc3c3ccc(Oc4cccc(-n5nc(-c6ccncc6)c(-c6c(C)cc(C)cc6C)c5-c5ccncc5)c4)cc32)c1. The lowest BCUT2D eigenvalue weighted by molar-refractivity contribution is 0.483. The van der Waals surface area contributed by atoms with Crippen molar-refractivity contribution >= 4 is 21.8 Å². The van der Waals surface area contributed by atoms with Gasteiger partial charge in [0.15, 0.2) is 0 Å². The summed E-state index contributed by atoms with van der Waals surface area (Å²) in [5, 5.41) is 7.68. The fourth-order valence-electron chi connectivity index (χ4n) is 7.62. The summed E-state index contributed by atoms with van der Waals surface area (Å²) in [6.45, 7) is 8.59. The molecule has 9 aromatic rings. The van der Waals surface area contributed by atoms with Gasteiger partial charge in [-0.2, -0.15) is 5.10 Å². The van der Waals surface area contributed by atoms with Crippen molar-refractivity contribution in [2.45, 2.75) is 27.7 Å². The summed E-state index contributed by atoms with van der Waals surface area (Å²) in [6, 6.07) is 39.6. The second kappa shape index (κ2) is 13.0. The van der Waals surface area contributed by atoms with Crippen LogP contribution in [0.1, 0.15) is 22.3 Å². The minimum Gasteiger partial charge on any atom is -0.457 e. The van der Waals surface area contributed by atoms with Gasteiger partial charge in [0.1, 0.15) is 23.0 Å². The molecule has 0 aliphatic rings. The summed E-state index contributed by atoms with van der Waals surface area (Å²) in [5.74, 6) is 2.30. The maximum Gasteiger partial charge on any atom is 0.137 e. The van der Waals surface area contributed by atoms with Crippen LogP contribution < -0.4 is 4.74 Å². The third-order valence-corrected chi connectivity index (χ3v) is 9.79. The Kier molecular flexibility index (Phi) is 7.89. The predicted octanol–water partition coefficient (Wildman–Crippen LogP) is 11.2. The lowest BCUT2D eigenvalue weighted by Gasteiger charge is -2.16. The standard InChI is InChI=1S/C46H36N6O/c1-29-14-23-49-42(26-29)51-40-11-6-5-10-38(40)39-13-12-37(28-41(39)51)53-36-9-7-8-35(27-36)52-46(34-17-21-48-22-18-34)44(43-31(3)24-30(2)25-32(43)4)45(50-52)33-15-19-47-20-16-33/h5-28H,1-4H3. The maximum atomic E-state index is 6.67. The van der Waals surface area contributed by atoms with E-state index in [0.29, 0.717) is 5.75 Å². The van der Waals surface area contributed by atoms with Crippen molar-refractivity contribution in [1.29, 1.82) is 0 Å². The van der Waals surface area contributed by atoms with Crippen LogP contribution in [-0.4, -0.2) is 29.3 Å². The molecular formula is C46H36N6O. The zero-order chi connectivity index (χ0) is 36.1. The molecule has 0 atom stereocenters. The summed E-state index contributed by atoms with van der Waals surface area (Å²) in [6.07, 6.45) is 9.16. The summed E-state index contributed by atoms with van der Waals surface area (Å²) < 4.78 is 10.9. The molecular weight excluding hydrogens is 653 g/mol. The molecule has 0 bridgehead atoms. The number of aryl methyl sites for hydroxylation is 4. The Morgan fingerprint density at radius 2 is 1.23 bits per heavy atom. The van der Waals surface area contributed by atoms with Crippen molar-refractivity contribution in [3.63, 3.8) is 0 Å². The van der Waals surface area contributed by atoms with E-state index >= 15 is 0 Å². The second-order valence-electron chi connectivity index (χ2n) is 13.6. The molecule has 7 heteroatoms. The molecule has 0 amide bonds. The van der Waals surface area contributed by atoms with Crippen LogP contribution in [0.5, 0.6) is 11.5 Å². The Hall–Kier alpha value is -6.86. The molecule has 0 unspecified atom stereocenters. The van der Waals surface area contributed by atoms with Crippen LogP contribution in [0.25, 0.3) is 67.0 Å². The first kappa shape index (κ1) is 32.1. The van der Waals surface area contributed by atoms with Crippen molar-refractivity contribution in [3.05, 3.63) is 168 Å². The molecule has 0 spiro atoms. The highest BCUT2D eigenvalue weighted by Gasteiger charge is 2.26. The van der Waals surface area contributed by atoms with Gasteiger partial charge in [0.05, 0.1) is 22.4 Å². The molecule has 0 radical (unpaired) electrons. The first-order valence-electron chi connectivity index (χ1n) is 17.7. The Bertz CT molecular complexity index is 2780. The highest BCUT2D eigenvalue weighted by atomic mass is 16.5. The van der Waals surface area contributed by atoms with Gasteiger partial charge in [-0.05, 0) is 117 Å². The number of para-hydroxylation sites is 1. The van der Waals surface area contributed by atoms with Gasteiger partial charge in [-0.1, -0.05) is 42.0 Å². The quantitative estimate of drug-likeness (QED) is 0.167. The summed E-state index contributed by atoms with van der Waals surface area (Å²) in [4.78, 5) is 13.4. The fraction of sp³-hybridized carbons (Fsp3) is 0.0870. The Labute approximate surface area is 307 Å². The summed E-state index contributed by atoms with van der Waals surface area (Å²) >= 11 is 0. The molecule has 0 saturated carbocycles. The zero-order valence-corrected chi connectivity index (χ0v) is 29.9. The van der Waals surface area contributed by atoms with Crippen LogP contribution in [0.2, 0.25) is 0 Å². The second-order valence-corrected chi connectivity index (χ2v) is 13.6. The van der Waals surface area contributed by atoms with Crippen molar-refractivity contribution in [3.8, 4) is 56.6 Å². The molecule has 0 aliphatic heterocycles. The number of pyridine rings is 3. The summed E-state index contributed by atoms with van der Waals surface area (Å²) in [7, 11) is 0. The van der Waals surface area contributed by atoms with Gasteiger partial charge in [-0.15, -0.1) is 0 Å². The van der Waals surface area contributed by atoms with Gasteiger partial charge in [-0.25, -0.2) is 9.67 Å². The monoisotopic (exact) mass is 688 g/mol. The van der Waals surface area contributed by atoms with Crippen LogP contribution >= 0.6 is 0 Å². The average Bonchev–Trinajstić information content (AvgIpc) is 3.72. The van der Waals surface area contributed by atoms with Crippen LogP contribution in [0.3, 0.4) is 0 Å². The molecule has 53 heavy (non-hydrogen) atoms. The summed E-state index contributed by atoms with van der Waals surface area (Å²) in [5.41, 5.74) is 13.8. The van der Waals surface area contributed by atoms with Gasteiger partial charge in [0.25, 0.3) is 0 Å². The van der Waals surface area contributed by atoms with E-state index in [0.717, 1.165) is 67.3 Å². The largest absolute Gasteiger partial charge is 0.457 e. The fourth-order valence-corrected chi connectivity index (χ4v) is 7.62. The minimum absolute atomic E-state index is 0.698. The van der Waals surface area contributed by atoms with E-state index in [1.807, 2.05) is 84.2 Å². The molecule has 5 heterocycles. The lowest BCUT2D eigenvalue weighted by atomic mass is 9.89. The Morgan fingerprint density at radius 3 is 1.98 bits per heavy atom. The zero-order valence-electron chi connectivity index (χ0n) is 29.9. The van der Waals surface area contributed by atoms with Crippen LogP contribution in [0.15, 0.2) is 146 Å². The molecule has 7 nitrogen and oxygen atoms in total. The van der Waals surface area contributed by atoms with E-state index in [-0.39, 0.29) is 0 Å². The van der Waals surface area contributed by atoms with E-state index in [4.69, 9.17) is 14.8 Å². The number of ether oxygens (including phenoxy) is 1. The Morgan fingerprint density at radius 1 is 0.528 bits per heavy atom. The van der Waals surface area contributed by atoms with Gasteiger partial charge >= 0.3 is 0 Å². The van der Waals surface area contributed by atoms with E-state index in [1.54, 1.807) is 0 Å². The van der Waals surface area contributed by atoms with Crippen LogP contribution in [0.4, 0.5) is 0 Å². The van der Waals surface area contributed by atoms with E-state index in [9.17, 15) is 0 Å². The van der Waals surface area contributed by atoms with E-state index < -0.39 is 0 Å². The van der Waals surface area contributed by atoms with Gasteiger partial charge in [-0.3, -0.25) is 14.5 Å². The molecule has 0 N–H and O–H groups in total. The van der Waals surface area contributed by atoms with Crippen LogP contribution in [-0.2, 0) is 0 Å². The van der Waals surface area contributed by atoms with Crippen molar-refractivity contribution in [2.75, 3.05) is 0 Å². The first-order chi connectivity index (χ1) is 25.9. The third kappa shape index (κ3) is 5.72. The van der Waals surface area contributed by atoms with Crippen molar-refractivity contribution in [2.24, 2.45) is 0 Å². The molecule has 9 rings (SSSR count). The molecule has 0 aliphatic carbocycles. The molecule has 4 aromatic carbocycles. The highest BCUT2D eigenvalue weighted by Crippen LogP contribution is 2.44. The number of fused-ring (bicyclic) bond motifs is 3. The van der Waals surface area contributed by atoms with Gasteiger partial charge in [0.2, 0.25) is 0 Å². The Balaban J connectivity index is 1.21. The van der Waals surface area contributed by atoms with Crippen molar-refractivity contribution < 1.29 is 4.74 Å². The number of hydrogen-bond acceptors (Lipinski definition) is 5. The number of nitrogens with zero attached hydrogens (tertiary/aromatic N) is 6. The van der Waals surface area contributed by atoms with E-state index in [2.05, 4.69) is 109 Å². The smallest absolute Gasteiger partial charge is 0.137 e. The van der Waals surface area contributed by atoms with Gasteiger partial charge < -0.3 is 4.74 Å².